The number of piperidine rings is 1. The molecule has 1 heterocycles. The van der Waals surface area contributed by atoms with Crippen LogP contribution >= 0.6 is 15.9 Å². The first-order valence-corrected chi connectivity index (χ1v) is 8.29. The van der Waals surface area contributed by atoms with Crippen LogP contribution in [0.4, 0.5) is 0 Å². The summed E-state index contributed by atoms with van der Waals surface area (Å²) in [5.41, 5.74) is 1.42. The van der Waals surface area contributed by atoms with Crippen molar-refractivity contribution in [3.63, 3.8) is 0 Å². The topological polar surface area (TPSA) is 15.3 Å². The van der Waals surface area contributed by atoms with E-state index in [1.807, 2.05) is 0 Å². The largest absolute Gasteiger partial charge is 0.314 e. The zero-order chi connectivity index (χ0) is 13.1. The third kappa shape index (κ3) is 4.30. The molecular weight excluding hydrogens is 300 g/mol. The van der Waals surface area contributed by atoms with Gasteiger partial charge < -0.3 is 5.32 Å². The van der Waals surface area contributed by atoms with Crippen LogP contribution in [-0.2, 0) is 6.54 Å². The van der Waals surface area contributed by atoms with Crippen molar-refractivity contribution >= 4 is 15.9 Å². The zero-order valence-corrected chi connectivity index (χ0v) is 13.0. The molecule has 1 aromatic rings. The molecule has 104 valence electrons. The molecule has 2 fully saturated rings. The number of likely N-dealkylation sites (tertiary alicyclic amines) is 1. The van der Waals surface area contributed by atoms with E-state index in [0.29, 0.717) is 0 Å². The van der Waals surface area contributed by atoms with E-state index in [9.17, 15) is 0 Å². The van der Waals surface area contributed by atoms with Crippen LogP contribution in [0.3, 0.4) is 0 Å². The predicted molar refractivity (Wildman–Crippen MR) is 83.2 cm³/mol. The van der Waals surface area contributed by atoms with Crippen LogP contribution in [0.5, 0.6) is 0 Å². The minimum atomic E-state index is 0.763. The smallest absolute Gasteiger partial charge is 0.0234 e. The van der Waals surface area contributed by atoms with Gasteiger partial charge >= 0.3 is 0 Å². The van der Waals surface area contributed by atoms with E-state index < -0.39 is 0 Å². The summed E-state index contributed by atoms with van der Waals surface area (Å²) in [4.78, 5) is 2.58. The van der Waals surface area contributed by atoms with Gasteiger partial charge in [0.2, 0.25) is 0 Å². The van der Waals surface area contributed by atoms with Crippen LogP contribution in [0, 0.1) is 5.92 Å². The van der Waals surface area contributed by atoms with Crippen molar-refractivity contribution in [1.82, 2.24) is 10.2 Å². The van der Waals surface area contributed by atoms with Gasteiger partial charge in [-0.15, -0.1) is 0 Å². The molecule has 2 aliphatic rings. The van der Waals surface area contributed by atoms with Crippen LogP contribution in [0.2, 0.25) is 0 Å². The second-order valence-electron chi connectivity index (χ2n) is 6.03. The molecule has 1 N–H and O–H groups in total. The van der Waals surface area contributed by atoms with Gasteiger partial charge in [-0.25, -0.2) is 0 Å². The molecule has 2 nitrogen and oxygen atoms in total. The molecule has 1 aliphatic heterocycles. The van der Waals surface area contributed by atoms with Crippen LogP contribution < -0.4 is 5.32 Å². The standard InChI is InChI=1S/C16H23BrN2/c17-15-3-1-2-14(10-15)12-19-8-6-16(7-9-19)18-11-13-4-5-13/h1-3,10,13,16,18H,4-9,11-12H2. The number of hydrogen-bond donors (Lipinski definition) is 1. The van der Waals surface area contributed by atoms with Crippen LogP contribution in [0.15, 0.2) is 28.7 Å². The number of nitrogens with zero attached hydrogens (tertiary/aromatic N) is 1. The predicted octanol–water partition coefficient (Wildman–Crippen LogP) is 3.41. The Hall–Kier alpha value is -0.380. The number of rotatable bonds is 5. The fourth-order valence-corrected chi connectivity index (χ4v) is 3.29. The maximum Gasteiger partial charge on any atom is 0.0234 e. The highest BCUT2D eigenvalue weighted by atomic mass is 79.9. The molecule has 3 rings (SSSR count). The van der Waals surface area contributed by atoms with Gasteiger partial charge in [-0.2, -0.15) is 0 Å². The number of hydrogen-bond acceptors (Lipinski definition) is 2. The van der Waals surface area contributed by atoms with Gasteiger partial charge in [0.15, 0.2) is 0 Å². The molecule has 0 unspecified atom stereocenters. The van der Waals surface area contributed by atoms with Crippen molar-refractivity contribution in [2.45, 2.75) is 38.3 Å². The summed E-state index contributed by atoms with van der Waals surface area (Å²) in [5, 5.41) is 3.74. The Morgan fingerprint density at radius 1 is 1.16 bits per heavy atom. The normalized spacial score (nSPS) is 21.7. The number of halogens is 1. The van der Waals surface area contributed by atoms with Gasteiger partial charge in [-0.05, 0) is 68.9 Å². The van der Waals surface area contributed by atoms with E-state index in [2.05, 4.69) is 50.4 Å². The Kier molecular flexibility index (Phi) is 4.57. The van der Waals surface area contributed by atoms with E-state index in [1.165, 1.54) is 55.4 Å². The Morgan fingerprint density at radius 3 is 2.63 bits per heavy atom. The van der Waals surface area contributed by atoms with E-state index >= 15 is 0 Å². The molecule has 0 spiro atoms. The first-order chi connectivity index (χ1) is 9.29. The van der Waals surface area contributed by atoms with Gasteiger partial charge in [0.1, 0.15) is 0 Å². The highest BCUT2D eigenvalue weighted by Crippen LogP contribution is 2.28. The van der Waals surface area contributed by atoms with Crippen molar-refractivity contribution in [2.24, 2.45) is 5.92 Å². The van der Waals surface area contributed by atoms with Gasteiger partial charge in [0.05, 0.1) is 0 Å². The van der Waals surface area contributed by atoms with E-state index in [-0.39, 0.29) is 0 Å². The molecule has 1 saturated carbocycles. The summed E-state index contributed by atoms with van der Waals surface area (Å²) in [7, 11) is 0. The summed E-state index contributed by atoms with van der Waals surface area (Å²) >= 11 is 3.55. The van der Waals surface area contributed by atoms with Crippen molar-refractivity contribution in [3.05, 3.63) is 34.3 Å². The SMILES string of the molecule is Brc1cccc(CN2CCC(NCC3CC3)CC2)c1. The third-order valence-electron chi connectivity index (χ3n) is 4.27. The Labute approximate surface area is 124 Å². The molecule has 19 heavy (non-hydrogen) atoms. The highest BCUT2D eigenvalue weighted by molar-refractivity contribution is 9.10. The lowest BCUT2D eigenvalue weighted by Gasteiger charge is -2.32. The fourth-order valence-electron chi connectivity index (χ4n) is 2.84. The van der Waals surface area contributed by atoms with E-state index in [4.69, 9.17) is 0 Å². The minimum absolute atomic E-state index is 0.763. The first-order valence-electron chi connectivity index (χ1n) is 7.50. The Morgan fingerprint density at radius 2 is 1.95 bits per heavy atom. The Balaban J connectivity index is 1.42. The fraction of sp³-hybridized carbons (Fsp3) is 0.625. The molecule has 0 aromatic heterocycles. The molecule has 0 atom stereocenters. The molecule has 0 radical (unpaired) electrons. The lowest BCUT2D eigenvalue weighted by Crippen LogP contribution is -2.42. The maximum atomic E-state index is 3.74. The second kappa shape index (κ2) is 6.38. The van der Waals surface area contributed by atoms with Gasteiger partial charge in [0.25, 0.3) is 0 Å². The van der Waals surface area contributed by atoms with E-state index in [1.54, 1.807) is 0 Å². The summed E-state index contributed by atoms with van der Waals surface area (Å²) in [6.45, 7) is 4.81. The third-order valence-corrected chi connectivity index (χ3v) is 4.77. The molecule has 3 heteroatoms. The highest BCUT2D eigenvalue weighted by Gasteiger charge is 2.24. The maximum absolute atomic E-state index is 3.74. The van der Waals surface area contributed by atoms with Crippen molar-refractivity contribution in [1.29, 1.82) is 0 Å². The van der Waals surface area contributed by atoms with Gasteiger partial charge in [-0.3, -0.25) is 4.90 Å². The molecule has 1 saturated heterocycles. The number of benzene rings is 1. The monoisotopic (exact) mass is 322 g/mol. The lowest BCUT2D eigenvalue weighted by atomic mass is 10.0. The first kappa shape index (κ1) is 13.6. The quantitative estimate of drug-likeness (QED) is 0.893. The van der Waals surface area contributed by atoms with Crippen LogP contribution in [0.25, 0.3) is 0 Å². The molecule has 0 amide bonds. The molecule has 1 aliphatic carbocycles. The average Bonchev–Trinajstić information content (AvgIpc) is 3.22. The van der Waals surface area contributed by atoms with E-state index in [0.717, 1.165) is 18.5 Å². The lowest BCUT2D eigenvalue weighted by molar-refractivity contribution is 0.190. The molecule has 0 bridgehead atoms. The molecule has 1 aromatic carbocycles. The zero-order valence-electron chi connectivity index (χ0n) is 11.4. The summed E-state index contributed by atoms with van der Waals surface area (Å²) in [6, 6.07) is 9.44. The summed E-state index contributed by atoms with van der Waals surface area (Å²) in [5.74, 6) is 1.000. The second-order valence-corrected chi connectivity index (χ2v) is 6.95. The minimum Gasteiger partial charge on any atom is -0.314 e. The number of nitrogens with one attached hydrogen (secondary N) is 1. The van der Waals surface area contributed by atoms with Gasteiger partial charge in [-0.1, -0.05) is 28.1 Å². The summed E-state index contributed by atoms with van der Waals surface area (Å²) < 4.78 is 1.19. The average molecular weight is 323 g/mol. The van der Waals surface area contributed by atoms with Gasteiger partial charge in [0, 0.05) is 17.1 Å². The summed E-state index contributed by atoms with van der Waals surface area (Å²) in [6.07, 6.45) is 5.52. The Bertz CT molecular complexity index is 409. The van der Waals surface area contributed by atoms with Crippen LogP contribution in [-0.4, -0.2) is 30.6 Å². The van der Waals surface area contributed by atoms with Crippen molar-refractivity contribution in [2.75, 3.05) is 19.6 Å². The van der Waals surface area contributed by atoms with Crippen LogP contribution in [0.1, 0.15) is 31.2 Å². The van der Waals surface area contributed by atoms with Crippen molar-refractivity contribution < 1.29 is 0 Å². The molecular formula is C16H23BrN2. The van der Waals surface area contributed by atoms with Crippen molar-refractivity contribution in [3.8, 4) is 0 Å².